The van der Waals surface area contributed by atoms with Crippen LogP contribution in [0.5, 0.6) is 5.75 Å². The summed E-state index contributed by atoms with van der Waals surface area (Å²) < 4.78 is 30.2. The van der Waals surface area contributed by atoms with Crippen molar-refractivity contribution in [2.45, 2.75) is 197 Å². The third-order valence-electron chi connectivity index (χ3n) is 8.92. The molecule has 0 aliphatic rings. The second-order valence-corrected chi connectivity index (χ2v) is 19.6. The number of carbonyl (C=O) groups is 2. The van der Waals surface area contributed by atoms with Crippen molar-refractivity contribution in [3.05, 3.63) is 29.8 Å². The van der Waals surface area contributed by atoms with Crippen LogP contribution in [0.2, 0.25) is 0 Å². The standard InChI is InChI=1S/C42H76N2O7/c1-19-33(41(15,16)49-35(46)44-39(11,12)26-27-40(13,14)51-42(17,18)50-37(6,7)8)30(2)24-25-38(9,10)29-48-32-22-20-31(21-23-32)28-47-34(45)43-36(3,4)5/h20-23,30,33H,19,24-29H2,1-18H3,(H,43,45)(H,44,46). The van der Waals surface area contributed by atoms with Crippen LogP contribution in [0.4, 0.5) is 9.59 Å². The molecule has 0 saturated heterocycles. The minimum absolute atomic E-state index is 0.0582. The van der Waals surface area contributed by atoms with Crippen molar-refractivity contribution in [1.29, 1.82) is 0 Å². The Morgan fingerprint density at radius 1 is 0.725 bits per heavy atom. The van der Waals surface area contributed by atoms with Gasteiger partial charge in [0.2, 0.25) is 0 Å². The van der Waals surface area contributed by atoms with Gasteiger partial charge in [0, 0.05) is 17.0 Å². The average Bonchev–Trinajstić information content (AvgIpc) is 2.90. The number of ether oxygens (including phenoxy) is 5. The van der Waals surface area contributed by atoms with Gasteiger partial charge in [-0.1, -0.05) is 39.8 Å². The molecule has 0 bridgehead atoms. The normalized spacial score (nSPS) is 14.8. The van der Waals surface area contributed by atoms with Crippen molar-refractivity contribution in [2.24, 2.45) is 17.3 Å². The lowest BCUT2D eigenvalue weighted by molar-refractivity contribution is -0.297. The number of hydrogen-bond acceptors (Lipinski definition) is 7. The zero-order valence-electron chi connectivity index (χ0n) is 35.8. The Morgan fingerprint density at radius 2 is 1.29 bits per heavy atom. The van der Waals surface area contributed by atoms with Crippen LogP contribution >= 0.6 is 0 Å². The van der Waals surface area contributed by atoms with E-state index in [1.807, 2.05) is 107 Å². The molecule has 1 aromatic carbocycles. The van der Waals surface area contributed by atoms with E-state index in [9.17, 15) is 9.59 Å². The highest BCUT2D eigenvalue weighted by molar-refractivity contribution is 5.69. The van der Waals surface area contributed by atoms with Crippen LogP contribution in [0.3, 0.4) is 0 Å². The molecule has 2 amide bonds. The zero-order valence-corrected chi connectivity index (χ0v) is 35.8. The maximum Gasteiger partial charge on any atom is 0.408 e. The first-order valence-electron chi connectivity index (χ1n) is 18.9. The van der Waals surface area contributed by atoms with Crippen LogP contribution in [0.1, 0.15) is 162 Å². The van der Waals surface area contributed by atoms with Crippen LogP contribution in [-0.2, 0) is 25.6 Å². The maximum absolute atomic E-state index is 13.3. The monoisotopic (exact) mass is 721 g/mol. The summed E-state index contributed by atoms with van der Waals surface area (Å²) in [6.07, 6.45) is 3.44. The summed E-state index contributed by atoms with van der Waals surface area (Å²) >= 11 is 0. The SMILES string of the molecule is CCC(C(C)CCC(C)(C)COc1ccc(COC(=O)NC(C)(C)C)cc1)C(C)(C)OC(=O)NC(C)(C)CCC(C)(C)OC(C)(C)OC(C)(C)C. The van der Waals surface area contributed by atoms with Gasteiger partial charge in [0.15, 0.2) is 5.79 Å². The van der Waals surface area contributed by atoms with Crippen LogP contribution < -0.4 is 15.4 Å². The topological polar surface area (TPSA) is 104 Å². The molecule has 2 N–H and O–H groups in total. The molecule has 9 heteroatoms. The summed E-state index contributed by atoms with van der Waals surface area (Å²) in [4.78, 5) is 25.2. The summed E-state index contributed by atoms with van der Waals surface area (Å²) in [5.74, 6) is 0.549. The number of benzene rings is 1. The van der Waals surface area contributed by atoms with Gasteiger partial charge >= 0.3 is 12.2 Å². The van der Waals surface area contributed by atoms with E-state index in [1.54, 1.807) is 0 Å². The molecule has 1 aromatic rings. The Labute approximate surface area is 312 Å². The summed E-state index contributed by atoms with van der Waals surface area (Å²) in [5.41, 5.74) is -1.42. The predicted octanol–water partition coefficient (Wildman–Crippen LogP) is 11.0. The summed E-state index contributed by atoms with van der Waals surface area (Å²) in [6.45, 7) is 37.5. The predicted molar refractivity (Wildman–Crippen MR) is 208 cm³/mol. The Hall–Kier alpha value is -2.52. The van der Waals surface area contributed by atoms with Gasteiger partial charge in [-0.15, -0.1) is 0 Å². The zero-order chi connectivity index (χ0) is 39.7. The minimum Gasteiger partial charge on any atom is -0.493 e. The van der Waals surface area contributed by atoms with Crippen molar-refractivity contribution in [1.82, 2.24) is 10.6 Å². The van der Waals surface area contributed by atoms with Crippen LogP contribution in [-0.4, -0.2) is 52.5 Å². The fourth-order valence-corrected chi connectivity index (χ4v) is 6.69. The minimum atomic E-state index is -0.743. The van der Waals surface area contributed by atoms with Gasteiger partial charge < -0.3 is 34.3 Å². The maximum atomic E-state index is 13.3. The average molecular weight is 721 g/mol. The second kappa shape index (κ2) is 18.0. The highest BCUT2D eigenvalue weighted by Gasteiger charge is 2.39. The van der Waals surface area contributed by atoms with Crippen molar-refractivity contribution < 1.29 is 33.3 Å². The van der Waals surface area contributed by atoms with Crippen LogP contribution in [0.15, 0.2) is 24.3 Å². The molecular formula is C42H76N2O7. The second-order valence-electron chi connectivity index (χ2n) is 19.6. The molecule has 0 radical (unpaired) electrons. The van der Waals surface area contributed by atoms with Gasteiger partial charge in [-0.05, 0) is 158 Å². The summed E-state index contributed by atoms with van der Waals surface area (Å²) in [7, 11) is 0. The highest BCUT2D eigenvalue weighted by atomic mass is 16.7. The largest absolute Gasteiger partial charge is 0.493 e. The first kappa shape index (κ1) is 46.5. The molecule has 296 valence electrons. The van der Waals surface area contributed by atoms with Gasteiger partial charge in [-0.25, -0.2) is 9.59 Å². The highest BCUT2D eigenvalue weighted by Crippen LogP contribution is 2.37. The van der Waals surface area contributed by atoms with Crippen molar-refractivity contribution >= 4 is 12.2 Å². The lowest BCUT2D eigenvalue weighted by Gasteiger charge is -2.41. The molecule has 1 rings (SSSR count). The van der Waals surface area contributed by atoms with Crippen molar-refractivity contribution in [3.8, 4) is 5.75 Å². The van der Waals surface area contributed by atoms with E-state index in [1.165, 1.54) is 0 Å². The Kier molecular flexibility index (Phi) is 16.4. The molecule has 0 saturated carbocycles. The molecule has 0 aromatic heterocycles. The lowest BCUT2D eigenvalue weighted by Crippen LogP contribution is -2.50. The van der Waals surface area contributed by atoms with E-state index in [0.29, 0.717) is 18.9 Å². The summed E-state index contributed by atoms with van der Waals surface area (Å²) in [5, 5.41) is 5.92. The number of rotatable bonds is 19. The van der Waals surface area contributed by atoms with Gasteiger partial charge in [0.1, 0.15) is 18.0 Å². The number of amides is 2. The molecular weight excluding hydrogens is 644 g/mol. The molecule has 0 spiro atoms. The number of nitrogens with one attached hydrogen (secondary N) is 2. The van der Waals surface area contributed by atoms with E-state index < -0.39 is 34.7 Å². The molecule has 2 unspecified atom stereocenters. The molecule has 0 aliphatic heterocycles. The first-order valence-corrected chi connectivity index (χ1v) is 18.9. The fraction of sp³-hybridized carbons (Fsp3) is 0.810. The number of hydrogen-bond donors (Lipinski definition) is 2. The first-order chi connectivity index (χ1) is 22.8. The molecule has 9 nitrogen and oxygen atoms in total. The van der Waals surface area contributed by atoms with Crippen molar-refractivity contribution in [2.75, 3.05) is 6.61 Å². The molecule has 2 atom stereocenters. The number of alkyl carbamates (subject to hydrolysis) is 2. The summed E-state index contributed by atoms with van der Waals surface area (Å²) in [6, 6.07) is 7.66. The molecule has 0 fully saturated rings. The molecule has 0 heterocycles. The third kappa shape index (κ3) is 19.8. The molecule has 51 heavy (non-hydrogen) atoms. The smallest absolute Gasteiger partial charge is 0.408 e. The Balaban J connectivity index is 2.66. The van der Waals surface area contributed by atoms with E-state index in [4.69, 9.17) is 23.7 Å². The van der Waals surface area contributed by atoms with E-state index >= 15 is 0 Å². The van der Waals surface area contributed by atoms with E-state index in [2.05, 4.69) is 52.2 Å². The van der Waals surface area contributed by atoms with Crippen molar-refractivity contribution in [3.63, 3.8) is 0 Å². The van der Waals surface area contributed by atoms with E-state index in [-0.39, 0.29) is 29.1 Å². The van der Waals surface area contributed by atoms with Gasteiger partial charge in [-0.3, -0.25) is 0 Å². The van der Waals surface area contributed by atoms with Gasteiger partial charge in [0.25, 0.3) is 0 Å². The van der Waals surface area contributed by atoms with Gasteiger partial charge in [0.05, 0.1) is 17.8 Å². The van der Waals surface area contributed by atoms with E-state index in [0.717, 1.165) is 37.0 Å². The number of carbonyl (C=O) groups excluding carboxylic acids is 2. The Bertz CT molecular complexity index is 1220. The molecule has 0 aliphatic carbocycles. The van der Waals surface area contributed by atoms with Crippen LogP contribution in [0.25, 0.3) is 0 Å². The lowest BCUT2D eigenvalue weighted by atomic mass is 9.74. The third-order valence-corrected chi connectivity index (χ3v) is 8.92. The van der Waals surface area contributed by atoms with Gasteiger partial charge in [-0.2, -0.15) is 0 Å². The fourth-order valence-electron chi connectivity index (χ4n) is 6.69. The van der Waals surface area contributed by atoms with Crippen LogP contribution in [0, 0.1) is 17.3 Å². The quantitative estimate of drug-likeness (QED) is 0.137. The Morgan fingerprint density at radius 3 is 1.80 bits per heavy atom.